The zero-order valence-corrected chi connectivity index (χ0v) is 8.36. The average molecular weight is 208 g/mol. The molecule has 0 aromatic carbocycles. The summed E-state index contributed by atoms with van der Waals surface area (Å²) in [4.78, 5) is 15.0. The van der Waals surface area contributed by atoms with Crippen molar-refractivity contribution in [2.45, 2.75) is 18.9 Å². The molecule has 0 aliphatic heterocycles. The molecule has 15 heavy (non-hydrogen) atoms. The molecule has 5 nitrogen and oxygen atoms in total. The summed E-state index contributed by atoms with van der Waals surface area (Å²) in [5.41, 5.74) is 0.154. The fraction of sp³-hybridized carbons (Fsp3) is 0.400. The van der Waals surface area contributed by atoms with Crippen LogP contribution in [0.25, 0.3) is 0 Å². The predicted octanol–water partition coefficient (Wildman–Crippen LogP) is 1.36. The largest absolute Gasteiger partial charge is 0.486 e. The molecular weight excluding hydrogens is 196 g/mol. The molecule has 1 aliphatic carbocycles. The predicted molar refractivity (Wildman–Crippen MR) is 54.4 cm³/mol. The number of anilines is 1. The standard InChI is InChI=1S/C10H12N2O3/c1-11-9-8(15-6-2-3-6)7(10(13)14)4-5-12-9/h4-6H,2-3H2,1H3,(H,11,12)(H,13,14). The van der Waals surface area contributed by atoms with Crippen molar-refractivity contribution >= 4 is 11.8 Å². The number of carboxylic acid groups (broad SMARTS) is 1. The van der Waals surface area contributed by atoms with Crippen molar-refractivity contribution in [2.24, 2.45) is 0 Å². The highest BCUT2D eigenvalue weighted by molar-refractivity contribution is 5.92. The van der Waals surface area contributed by atoms with E-state index in [0.717, 1.165) is 12.8 Å². The average Bonchev–Trinajstić information content (AvgIpc) is 3.01. The molecule has 2 rings (SSSR count). The van der Waals surface area contributed by atoms with E-state index in [2.05, 4.69) is 10.3 Å². The first-order chi connectivity index (χ1) is 7.22. The van der Waals surface area contributed by atoms with Gasteiger partial charge in [-0.25, -0.2) is 9.78 Å². The van der Waals surface area contributed by atoms with Gasteiger partial charge in [0.15, 0.2) is 11.6 Å². The number of pyridine rings is 1. The molecule has 0 spiro atoms. The van der Waals surface area contributed by atoms with Crippen LogP contribution in [0.1, 0.15) is 23.2 Å². The third kappa shape index (κ3) is 2.01. The molecule has 0 amide bonds. The summed E-state index contributed by atoms with van der Waals surface area (Å²) in [5.74, 6) is -0.179. The number of aromatic carboxylic acids is 1. The molecule has 2 N–H and O–H groups in total. The quantitative estimate of drug-likeness (QED) is 0.781. The highest BCUT2D eigenvalue weighted by Gasteiger charge is 2.27. The molecule has 1 fully saturated rings. The molecule has 1 heterocycles. The maximum atomic E-state index is 11.0. The lowest BCUT2D eigenvalue weighted by Crippen LogP contribution is -2.08. The van der Waals surface area contributed by atoms with Crippen molar-refractivity contribution in [3.63, 3.8) is 0 Å². The van der Waals surface area contributed by atoms with E-state index in [1.54, 1.807) is 7.05 Å². The second kappa shape index (κ2) is 3.76. The summed E-state index contributed by atoms with van der Waals surface area (Å²) in [7, 11) is 1.69. The van der Waals surface area contributed by atoms with Crippen LogP contribution in [0.4, 0.5) is 5.82 Å². The van der Waals surface area contributed by atoms with Crippen LogP contribution in [-0.4, -0.2) is 29.2 Å². The van der Waals surface area contributed by atoms with Crippen LogP contribution >= 0.6 is 0 Å². The van der Waals surface area contributed by atoms with Crippen molar-refractivity contribution in [3.05, 3.63) is 17.8 Å². The summed E-state index contributed by atoms with van der Waals surface area (Å²) in [6, 6.07) is 1.45. The van der Waals surface area contributed by atoms with Crippen LogP contribution in [0.2, 0.25) is 0 Å². The third-order valence-electron chi connectivity index (χ3n) is 2.18. The van der Waals surface area contributed by atoms with Gasteiger partial charge in [-0.15, -0.1) is 0 Å². The van der Waals surface area contributed by atoms with E-state index in [1.807, 2.05) is 0 Å². The zero-order chi connectivity index (χ0) is 10.8. The van der Waals surface area contributed by atoms with Crippen molar-refractivity contribution < 1.29 is 14.6 Å². The Morgan fingerprint density at radius 3 is 2.93 bits per heavy atom. The molecule has 0 atom stereocenters. The second-order valence-electron chi connectivity index (χ2n) is 3.41. The fourth-order valence-corrected chi connectivity index (χ4v) is 1.27. The molecular formula is C10H12N2O3. The van der Waals surface area contributed by atoms with Gasteiger partial charge in [-0.05, 0) is 18.9 Å². The topological polar surface area (TPSA) is 71.5 Å². The van der Waals surface area contributed by atoms with E-state index in [4.69, 9.17) is 9.84 Å². The van der Waals surface area contributed by atoms with E-state index in [-0.39, 0.29) is 11.7 Å². The number of carboxylic acids is 1. The lowest BCUT2D eigenvalue weighted by atomic mass is 10.2. The number of nitrogens with zero attached hydrogens (tertiary/aromatic N) is 1. The van der Waals surface area contributed by atoms with Crippen LogP contribution in [0.3, 0.4) is 0 Å². The molecule has 1 aromatic heterocycles. The van der Waals surface area contributed by atoms with E-state index in [0.29, 0.717) is 11.6 Å². The highest BCUT2D eigenvalue weighted by Crippen LogP contribution is 2.33. The Bertz CT molecular complexity index is 388. The number of carbonyl (C=O) groups is 1. The van der Waals surface area contributed by atoms with Gasteiger partial charge in [0.25, 0.3) is 0 Å². The first-order valence-corrected chi connectivity index (χ1v) is 4.79. The van der Waals surface area contributed by atoms with Gasteiger partial charge in [-0.1, -0.05) is 0 Å². The Kier molecular flexibility index (Phi) is 2.45. The van der Waals surface area contributed by atoms with Gasteiger partial charge in [0.2, 0.25) is 0 Å². The first kappa shape index (κ1) is 9.76. The summed E-state index contributed by atoms with van der Waals surface area (Å²) >= 11 is 0. The number of ether oxygens (including phenoxy) is 1. The van der Waals surface area contributed by atoms with Crippen LogP contribution in [0, 0.1) is 0 Å². The Balaban J connectivity index is 2.38. The molecule has 1 saturated carbocycles. The summed E-state index contributed by atoms with van der Waals surface area (Å²) in [5, 5.41) is 11.8. The van der Waals surface area contributed by atoms with E-state index >= 15 is 0 Å². The lowest BCUT2D eigenvalue weighted by molar-refractivity contribution is 0.0692. The van der Waals surface area contributed by atoms with Gasteiger partial charge >= 0.3 is 5.97 Å². The molecule has 1 aromatic rings. The number of rotatable bonds is 4. The monoisotopic (exact) mass is 208 g/mol. The summed E-state index contributed by atoms with van der Waals surface area (Å²) < 4.78 is 5.53. The molecule has 0 radical (unpaired) electrons. The minimum Gasteiger partial charge on any atom is -0.486 e. The molecule has 1 aliphatic rings. The normalized spacial score (nSPS) is 14.7. The zero-order valence-electron chi connectivity index (χ0n) is 8.36. The van der Waals surface area contributed by atoms with Crippen LogP contribution in [-0.2, 0) is 0 Å². The summed E-state index contributed by atoms with van der Waals surface area (Å²) in [6.45, 7) is 0. The fourth-order valence-electron chi connectivity index (χ4n) is 1.27. The van der Waals surface area contributed by atoms with Gasteiger partial charge in [-0.3, -0.25) is 0 Å². The minimum absolute atomic E-state index is 0.152. The van der Waals surface area contributed by atoms with Crippen molar-refractivity contribution in [1.29, 1.82) is 0 Å². The number of hydrogen-bond donors (Lipinski definition) is 2. The third-order valence-corrected chi connectivity index (χ3v) is 2.18. The Morgan fingerprint density at radius 2 is 2.40 bits per heavy atom. The Labute approximate surface area is 87.1 Å². The molecule has 5 heteroatoms. The van der Waals surface area contributed by atoms with Gasteiger partial charge in [0, 0.05) is 13.2 Å². The molecule has 80 valence electrons. The molecule has 0 saturated heterocycles. The van der Waals surface area contributed by atoms with Crippen molar-refractivity contribution in [3.8, 4) is 5.75 Å². The number of aromatic nitrogens is 1. The van der Waals surface area contributed by atoms with E-state index in [1.165, 1.54) is 12.3 Å². The van der Waals surface area contributed by atoms with E-state index < -0.39 is 5.97 Å². The second-order valence-corrected chi connectivity index (χ2v) is 3.41. The van der Waals surface area contributed by atoms with Gasteiger partial charge in [-0.2, -0.15) is 0 Å². The van der Waals surface area contributed by atoms with Crippen molar-refractivity contribution in [1.82, 2.24) is 4.98 Å². The minimum atomic E-state index is -0.996. The molecule has 0 bridgehead atoms. The van der Waals surface area contributed by atoms with Gasteiger partial charge < -0.3 is 15.2 Å². The Morgan fingerprint density at radius 1 is 1.67 bits per heavy atom. The van der Waals surface area contributed by atoms with Crippen LogP contribution < -0.4 is 10.1 Å². The first-order valence-electron chi connectivity index (χ1n) is 4.79. The van der Waals surface area contributed by atoms with Crippen molar-refractivity contribution in [2.75, 3.05) is 12.4 Å². The van der Waals surface area contributed by atoms with E-state index in [9.17, 15) is 4.79 Å². The SMILES string of the molecule is CNc1nccc(C(=O)O)c1OC1CC1. The van der Waals surface area contributed by atoms with Crippen LogP contribution in [0.5, 0.6) is 5.75 Å². The number of nitrogens with one attached hydrogen (secondary N) is 1. The lowest BCUT2D eigenvalue weighted by Gasteiger charge is -2.11. The van der Waals surface area contributed by atoms with Crippen LogP contribution in [0.15, 0.2) is 12.3 Å². The highest BCUT2D eigenvalue weighted by atomic mass is 16.5. The van der Waals surface area contributed by atoms with Gasteiger partial charge in [0.1, 0.15) is 5.56 Å². The maximum absolute atomic E-state index is 11.0. The van der Waals surface area contributed by atoms with Gasteiger partial charge in [0.05, 0.1) is 6.10 Å². The summed E-state index contributed by atoms with van der Waals surface area (Å²) in [6.07, 6.45) is 3.57. The Hall–Kier alpha value is -1.78. The maximum Gasteiger partial charge on any atom is 0.339 e. The smallest absolute Gasteiger partial charge is 0.339 e. The number of hydrogen-bond acceptors (Lipinski definition) is 4. The molecule has 0 unspecified atom stereocenters.